The third-order valence-corrected chi connectivity index (χ3v) is 9.07. The topological polar surface area (TPSA) is 63.7 Å². The van der Waals surface area contributed by atoms with Crippen molar-refractivity contribution in [3.05, 3.63) is 135 Å². The molecule has 2 heterocycles. The number of rotatable bonds is 4. The maximum Gasteiger partial charge on any atom is 0.186 e. The average molecular weight is 580 g/mol. The van der Waals surface area contributed by atoms with Crippen molar-refractivity contribution in [3.63, 3.8) is 0 Å². The summed E-state index contributed by atoms with van der Waals surface area (Å²) in [4.78, 5) is 46.0. The summed E-state index contributed by atoms with van der Waals surface area (Å²) in [6.07, 6.45) is 3.76. The minimum absolute atomic E-state index is 0.233. The molecule has 202 valence electrons. The monoisotopic (exact) mass is 579 g/mol. The van der Waals surface area contributed by atoms with E-state index < -0.39 is 23.4 Å². The fourth-order valence-corrected chi connectivity index (χ4v) is 7.35. The van der Waals surface area contributed by atoms with Crippen LogP contribution in [0.25, 0.3) is 6.08 Å². The predicted molar refractivity (Wildman–Crippen MR) is 160 cm³/mol. The van der Waals surface area contributed by atoms with E-state index in [1.165, 1.54) is 0 Å². The summed E-state index contributed by atoms with van der Waals surface area (Å²) in [5.41, 5.74) is 1.73. The molecular formula is C34H23Cl2NO4. The summed E-state index contributed by atoms with van der Waals surface area (Å²) >= 11 is 12.9. The smallest absolute Gasteiger partial charge is 0.186 e. The zero-order valence-electron chi connectivity index (χ0n) is 21.9. The number of anilines is 1. The Morgan fingerprint density at radius 3 is 2.24 bits per heavy atom. The normalized spacial score (nSPS) is 21.5. The fourth-order valence-electron chi connectivity index (χ4n) is 6.97. The molecule has 41 heavy (non-hydrogen) atoms. The van der Waals surface area contributed by atoms with Crippen molar-refractivity contribution >= 4 is 52.3 Å². The minimum atomic E-state index is -1.60. The molecule has 3 aliphatic rings. The Kier molecular flexibility index (Phi) is 5.93. The number of nitrogens with zero attached hydrogens (tertiary/aromatic N) is 1. The summed E-state index contributed by atoms with van der Waals surface area (Å²) in [7, 11) is 1.54. The molecule has 3 atom stereocenters. The molecule has 1 aliphatic carbocycles. The van der Waals surface area contributed by atoms with E-state index in [-0.39, 0.29) is 17.3 Å². The van der Waals surface area contributed by atoms with E-state index >= 15 is 0 Å². The summed E-state index contributed by atoms with van der Waals surface area (Å²) in [6.45, 7) is 0. The summed E-state index contributed by atoms with van der Waals surface area (Å²) in [5, 5.41) is 0.997. The minimum Gasteiger partial charge on any atom is -0.497 e. The molecule has 0 N–H and O–H groups in total. The molecule has 0 aromatic heterocycles. The first kappa shape index (κ1) is 25.8. The average Bonchev–Trinajstić information content (AvgIpc) is 3.42. The van der Waals surface area contributed by atoms with Gasteiger partial charge in [-0.05, 0) is 53.6 Å². The molecule has 5 nitrogen and oxygen atoms in total. The summed E-state index contributed by atoms with van der Waals surface area (Å²) in [5.74, 6) is -1.13. The van der Waals surface area contributed by atoms with Crippen LogP contribution in [0.3, 0.4) is 0 Å². The predicted octanol–water partition coefficient (Wildman–Crippen LogP) is 7.32. The Bertz CT molecular complexity index is 1780. The van der Waals surface area contributed by atoms with Crippen LogP contribution in [-0.2, 0) is 0 Å². The molecule has 1 spiro atoms. The number of Topliss-reactive ketones (excluding diaryl/α,β-unsaturated/α-hetero) is 3. The maximum atomic E-state index is 14.7. The number of ketones is 3. The molecule has 4 aromatic rings. The van der Waals surface area contributed by atoms with Crippen LogP contribution in [0.1, 0.15) is 48.1 Å². The van der Waals surface area contributed by atoms with Crippen molar-refractivity contribution in [2.45, 2.75) is 18.0 Å². The van der Waals surface area contributed by atoms with E-state index in [1.54, 1.807) is 79.9 Å². The van der Waals surface area contributed by atoms with Crippen LogP contribution in [0.5, 0.6) is 5.75 Å². The highest BCUT2D eigenvalue weighted by atomic mass is 35.5. The second-order valence-corrected chi connectivity index (χ2v) is 11.4. The number of hydrogen-bond acceptors (Lipinski definition) is 5. The highest BCUT2D eigenvalue weighted by Gasteiger charge is 2.71. The number of carbonyl (C=O) groups is 3. The first-order valence-electron chi connectivity index (χ1n) is 13.2. The Labute approximate surface area is 247 Å². The van der Waals surface area contributed by atoms with Gasteiger partial charge < -0.3 is 9.64 Å². The van der Waals surface area contributed by atoms with Gasteiger partial charge in [0.25, 0.3) is 0 Å². The van der Waals surface area contributed by atoms with Gasteiger partial charge in [0.05, 0.1) is 13.2 Å². The maximum absolute atomic E-state index is 14.7. The number of ether oxygens (including phenoxy) is 1. The number of benzene rings is 4. The summed E-state index contributed by atoms with van der Waals surface area (Å²) in [6, 6.07) is 24.8. The Morgan fingerprint density at radius 1 is 0.829 bits per heavy atom. The molecule has 1 fully saturated rings. The first-order valence-corrected chi connectivity index (χ1v) is 14.0. The second-order valence-electron chi connectivity index (χ2n) is 10.6. The molecule has 2 aliphatic heterocycles. The van der Waals surface area contributed by atoms with Gasteiger partial charge in [0.1, 0.15) is 17.2 Å². The van der Waals surface area contributed by atoms with Crippen LogP contribution < -0.4 is 9.64 Å². The van der Waals surface area contributed by atoms with E-state index in [2.05, 4.69) is 0 Å². The quantitative estimate of drug-likeness (QED) is 0.187. The highest BCUT2D eigenvalue weighted by molar-refractivity contribution is 6.33. The number of carbonyl (C=O) groups excluding carboxylic acids is 3. The van der Waals surface area contributed by atoms with Crippen molar-refractivity contribution in [2.75, 3.05) is 12.0 Å². The van der Waals surface area contributed by atoms with E-state index in [0.29, 0.717) is 38.0 Å². The lowest BCUT2D eigenvalue weighted by molar-refractivity contribution is 0.0666. The number of halogens is 2. The zero-order chi connectivity index (χ0) is 28.5. The van der Waals surface area contributed by atoms with Crippen molar-refractivity contribution in [1.29, 1.82) is 0 Å². The number of methoxy groups -OCH3 is 1. The van der Waals surface area contributed by atoms with Crippen LogP contribution in [-0.4, -0.2) is 36.5 Å². The van der Waals surface area contributed by atoms with Crippen molar-refractivity contribution in [3.8, 4) is 5.75 Å². The summed E-state index contributed by atoms with van der Waals surface area (Å²) < 4.78 is 5.42. The van der Waals surface area contributed by atoms with Crippen molar-refractivity contribution in [1.82, 2.24) is 0 Å². The number of fused-ring (bicyclic) bond motifs is 5. The van der Waals surface area contributed by atoms with Gasteiger partial charge in [0, 0.05) is 38.3 Å². The van der Waals surface area contributed by atoms with Crippen molar-refractivity contribution in [2.24, 2.45) is 5.41 Å². The third kappa shape index (κ3) is 3.59. The molecule has 4 aromatic carbocycles. The Balaban J connectivity index is 1.55. The Hall–Kier alpha value is -4.19. The SMILES string of the molecule is COc1cccc(C(=O)[C@H]2[C@@H](c3cccc(Cl)c3)C3(C(=O)c4ccccc4C3=O)[C@H]3C=Cc4cc(Cl)ccc4N23)c1. The van der Waals surface area contributed by atoms with Crippen LogP contribution in [0, 0.1) is 5.41 Å². The lowest BCUT2D eigenvalue weighted by atomic mass is 9.64. The molecule has 0 amide bonds. The van der Waals surface area contributed by atoms with Gasteiger partial charge in [0.2, 0.25) is 0 Å². The molecule has 7 rings (SSSR count). The van der Waals surface area contributed by atoms with E-state index in [1.807, 2.05) is 35.3 Å². The van der Waals surface area contributed by atoms with Gasteiger partial charge >= 0.3 is 0 Å². The van der Waals surface area contributed by atoms with Crippen LogP contribution in [0.15, 0.2) is 97.1 Å². The fraction of sp³-hybridized carbons (Fsp3) is 0.147. The third-order valence-electron chi connectivity index (χ3n) is 8.60. The van der Waals surface area contributed by atoms with Crippen LogP contribution in [0.2, 0.25) is 10.0 Å². The molecule has 0 unspecified atom stereocenters. The second kappa shape index (κ2) is 9.44. The molecule has 0 radical (unpaired) electrons. The number of hydrogen-bond donors (Lipinski definition) is 0. The molecule has 1 saturated heterocycles. The van der Waals surface area contributed by atoms with Crippen LogP contribution >= 0.6 is 23.2 Å². The standard InChI is InChI=1S/C34H23Cl2NO4/c1-41-24-9-5-7-21(18-24)31(38)30-29(20-6-4-8-22(35)17-20)34(32(39)25-10-2-3-11-26(25)33(34)40)28-15-12-19-16-23(36)13-14-27(19)37(28)30/h2-18,28-30H,1H3/t28-,29-,30-/m1/s1. The largest absolute Gasteiger partial charge is 0.497 e. The lowest BCUT2D eigenvalue weighted by Gasteiger charge is -2.37. The highest BCUT2D eigenvalue weighted by Crippen LogP contribution is 2.61. The first-order chi connectivity index (χ1) is 19.9. The van der Waals surface area contributed by atoms with E-state index in [4.69, 9.17) is 27.9 Å². The lowest BCUT2D eigenvalue weighted by Crippen LogP contribution is -2.48. The molecule has 0 saturated carbocycles. The van der Waals surface area contributed by atoms with Gasteiger partial charge in [0.15, 0.2) is 17.3 Å². The van der Waals surface area contributed by atoms with Gasteiger partial charge in [-0.25, -0.2) is 0 Å². The van der Waals surface area contributed by atoms with Gasteiger partial charge in [-0.2, -0.15) is 0 Å². The van der Waals surface area contributed by atoms with E-state index in [9.17, 15) is 14.4 Å². The van der Waals surface area contributed by atoms with Gasteiger partial charge in [-0.15, -0.1) is 0 Å². The zero-order valence-corrected chi connectivity index (χ0v) is 23.4. The van der Waals surface area contributed by atoms with Gasteiger partial charge in [-0.1, -0.05) is 83.9 Å². The molecule has 0 bridgehead atoms. The van der Waals surface area contributed by atoms with Crippen LogP contribution in [0.4, 0.5) is 5.69 Å². The van der Waals surface area contributed by atoms with E-state index in [0.717, 1.165) is 11.3 Å². The van der Waals surface area contributed by atoms with Crippen molar-refractivity contribution < 1.29 is 19.1 Å². The van der Waals surface area contributed by atoms with Gasteiger partial charge in [-0.3, -0.25) is 14.4 Å². The Morgan fingerprint density at radius 2 is 1.54 bits per heavy atom. The molecule has 7 heteroatoms. The molecular weight excluding hydrogens is 557 g/mol.